The van der Waals surface area contributed by atoms with E-state index in [1.807, 2.05) is 48.5 Å². The summed E-state index contributed by atoms with van der Waals surface area (Å²) in [6, 6.07) is 21.5. The lowest BCUT2D eigenvalue weighted by Crippen LogP contribution is -2.53. The molecule has 4 rings (SSSR count). The van der Waals surface area contributed by atoms with Gasteiger partial charge in [-0.25, -0.2) is 4.39 Å². The molecule has 0 saturated carbocycles. The van der Waals surface area contributed by atoms with Crippen molar-refractivity contribution in [2.75, 3.05) is 13.1 Å². The Balaban J connectivity index is 1.32. The first-order chi connectivity index (χ1) is 14.6. The zero-order valence-electron chi connectivity index (χ0n) is 16.4. The minimum absolute atomic E-state index is 0.00713. The van der Waals surface area contributed by atoms with E-state index in [1.165, 1.54) is 12.1 Å². The second-order valence-corrected chi connectivity index (χ2v) is 7.74. The van der Waals surface area contributed by atoms with Gasteiger partial charge in [-0.3, -0.25) is 9.69 Å². The smallest absolute Gasteiger partial charge is 0.255 e. The molecule has 1 heterocycles. The molecule has 0 bridgehead atoms. The summed E-state index contributed by atoms with van der Waals surface area (Å²) in [5.41, 5.74) is 2.45. The Kier molecular flexibility index (Phi) is 6.31. The van der Waals surface area contributed by atoms with Crippen molar-refractivity contribution in [3.05, 3.63) is 100 Å². The summed E-state index contributed by atoms with van der Waals surface area (Å²) in [4.78, 5) is 14.8. The monoisotopic (exact) mass is 424 g/mol. The molecule has 3 aromatic rings. The van der Waals surface area contributed by atoms with E-state index < -0.39 is 0 Å². The molecule has 1 amide bonds. The van der Waals surface area contributed by atoms with E-state index in [9.17, 15) is 9.18 Å². The Morgan fingerprint density at radius 2 is 1.80 bits per heavy atom. The van der Waals surface area contributed by atoms with Crippen LogP contribution in [0.1, 0.15) is 21.5 Å². The maximum atomic E-state index is 13.2. The number of carbonyl (C=O) groups excluding carboxylic acids is 1. The highest BCUT2D eigenvalue weighted by atomic mass is 35.5. The van der Waals surface area contributed by atoms with Gasteiger partial charge in [-0.05, 0) is 35.4 Å². The van der Waals surface area contributed by atoms with Crippen LogP contribution in [0, 0.1) is 5.82 Å². The van der Waals surface area contributed by atoms with E-state index >= 15 is 0 Å². The van der Waals surface area contributed by atoms with Crippen molar-refractivity contribution in [3.63, 3.8) is 0 Å². The van der Waals surface area contributed by atoms with Crippen molar-refractivity contribution in [2.45, 2.75) is 19.2 Å². The van der Waals surface area contributed by atoms with Gasteiger partial charge in [-0.15, -0.1) is 0 Å². The third-order valence-electron chi connectivity index (χ3n) is 5.05. The summed E-state index contributed by atoms with van der Waals surface area (Å²) in [5.74, 6) is 0.0759. The fourth-order valence-corrected chi connectivity index (χ4v) is 3.65. The number of ether oxygens (including phenoxy) is 1. The maximum absolute atomic E-state index is 13.2. The Labute approximate surface area is 180 Å². The lowest BCUT2D eigenvalue weighted by atomic mass is 10.1. The number of carbonyl (C=O) groups is 1. The van der Waals surface area contributed by atoms with Crippen molar-refractivity contribution < 1.29 is 13.9 Å². The highest BCUT2D eigenvalue weighted by Gasteiger charge is 2.29. The minimum atomic E-state index is -0.337. The van der Waals surface area contributed by atoms with Gasteiger partial charge < -0.3 is 10.1 Å². The lowest BCUT2D eigenvalue weighted by molar-refractivity contribution is 0.0140. The lowest BCUT2D eigenvalue weighted by Gasteiger charge is -2.39. The topological polar surface area (TPSA) is 41.6 Å². The second-order valence-electron chi connectivity index (χ2n) is 7.33. The van der Waals surface area contributed by atoms with Gasteiger partial charge in [-0.1, -0.05) is 60.1 Å². The van der Waals surface area contributed by atoms with Crippen LogP contribution >= 0.6 is 11.6 Å². The predicted octanol–water partition coefficient (Wildman–Crippen LogP) is 4.67. The van der Waals surface area contributed by atoms with Gasteiger partial charge in [0.1, 0.15) is 17.7 Å². The Bertz CT molecular complexity index is 1020. The molecule has 0 unspecified atom stereocenters. The van der Waals surface area contributed by atoms with E-state index in [1.54, 1.807) is 12.1 Å². The molecule has 1 saturated heterocycles. The van der Waals surface area contributed by atoms with E-state index in [4.69, 9.17) is 16.3 Å². The summed E-state index contributed by atoms with van der Waals surface area (Å²) >= 11 is 6.11. The summed E-state index contributed by atoms with van der Waals surface area (Å²) in [6.45, 7) is 2.53. The SMILES string of the molecule is O=C(NCc1ccccc1)c1ccccc1OC1CN(Cc2ccc(F)cc2Cl)C1. The number of rotatable bonds is 7. The van der Waals surface area contributed by atoms with Gasteiger partial charge in [0.15, 0.2) is 0 Å². The number of amides is 1. The number of halogens is 2. The highest BCUT2D eigenvalue weighted by molar-refractivity contribution is 6.31. The summed E-state index contributed by atoms with van der Waals surface area (Å²) in [7, 11) is 0. The fraction of sp³-hybridized carbons (Fsp3) is 0.208. The molecule has 0 radical (unpaired) electrons. The van der Waals surface area contributed by atoms with Crippen LogP contribution in [0.25, 0.3) is 0 Å². The maximum Gasteiger partial charge on any atom is 0.255 e. The fourth-order valence-electron chi connectivity index (χ4n) is 3.43. The molecule has 1 fully saturated rings. The molecule has 6 heteroatoms. The van der Waals surface area contributed by atoms with Crippen molar-refractivity contribution in [1.29, 1.82) is 0 Å². The average molecular weight is 425 g/mol. The number of likely N-dealkylation sites (tertiary alicyclic amines) is 1. The van der Waals surface area contributed by atoms with Crippen LogP contribution in [-0.4, -0.2) is 30.0 Å². The van der Waals surface area contributed by atoms with Crippen molar-refractivity contribution in [2.24, 2.45) is 0 Å². The summed E-state index contributed by atoms with van der Waals surface area (Å²) in [5, 5.41) is 3.37. The van der Waals surface area contributed by atoms with Gasteiger partial charge in [0.25, 0.3) is 5.91 Å². The molecular formula is C24H22ClFN2O2. The molecule has 30 heavy (non-hydrogen) atoms. The molecule has 0 aromatic heterocycles. The normalized spacial score (nSPS) is 14.2. The van der Waals surface area contributed by atoms with E-state index in [-0.39, 0.29) is 17.8 Å². The van der Waals surface area contributed by atoms with Crippen LogP contribution in [0.2, 0.25) is 5.02 Å². The number of nitrogens with one attached hydrogen (secondary N) is 1. The molecule has 1 aliphatic rings. The van der Waals surface area contributed by atoms with Crippen LogP contribution in [-0.2, 0) is 13.1 Å². The third kappa shape index (κ3) is 4.99. The van der Waals surface area contributed by atoms with Crippen molar-refractivity contribution >= 4 is 17.5 Å². The first-order valence-electron chi connectivity index (χ1n) is 9.82. The zero-order valence-corrected chi connectivity index (χ0v) is 17.1. The quantitative estimate of drug-likeness (QED) is 0.599. The number of nitrogens with zero attached hydrogens (tertiary/aromatic N) is 1. The predicted molar refractivity (Wildman–Crippen MR) is 115 cm³/mol. The highest BCUT2D eigenvalue weighted by Crippen LogP contribution is 2.25. The molecule has 0 atom stereocenters. The average Bonchev–Trinajstić information content (AvgIpc) is 2.73. The van der Waals surface area contributed by atoms with Gasteiger partial charge in [0.2, 0.25) is 0 Å². The zero-order chi connectivity index (χ0) is 20.9. The Hall–Kier alpha value is -2.89. The van der Waals surface area contributed by atoms with Crippen LogP contribution < -0.4 is 10.1 Å². The number of hydrogen-bond donors (Lipinski definition) is 1. The van der Waals surface area contributed by atoms with Gasteiger partial charge in [0.05, 0.1) is 5.56 Å². The Morgan fingerprint density at radius 3 is 2.57 bits per heavy atom. The van der Waals surface area contributed by atoms with Crippen LogP contribution in [0.5, 0.6) is 5.75 Å². The second kappa shape index (κ2) is 9.28. The molecule has 4 nitrogen and oxygen atoms in total. The number of hydrogen-bond acceptors (Lipinski definition) is 3. The summed E-state index contributed by atoms with van der Waals surface area (Å²) < 4.78 is 19.3. The van der Waals surface area contributed by atoms with E-state index in [2.05, 4.69) is 10.2 Å². The summed E-state index contributed by atoms with van der Waals surface area (Å²) in [6.07, 6.45) is -0.00713. The van der Waals surface area contributed by atoms with Gasteiger partial charge in [0, 0.05) is 31.2 Å². The van der Waals surface area contributed by atoms with E-state index in [0.717, 1.165) is 11.1 Å². The first-order valence-corrected chi connectivity index (χ1v) is 10.2. The first kappa shape index (κ1) is 20.4. The number of benzene rings is 3. The van der Waals surface area contributed by atoms with Crippen LogP contribution in [0.4, 0.5) is 4.39 Å². The standard InChI is InChI=1S/C24H22ClFN2O2/c25-22-12-19(26)11-10-18(22)14-28-15-20(16-28)30-23-9-5-4-8-21(23)24(29)27-13-17-6-2-1-3-7-17/h1-12,20H,13-16H2,(H,27,29). The van der Waals surface area contributed by atoms with Gasteiger partial charge in [-0.2, -0.15) is 0 Å². The molecule has 3 aromatic carbocycles. The number of para-hydroxylation sites is 1. The molecular weight excluding hydrogens is 403 g/mol. The van der Waals surface area contributed by atoms with Crippen molar-refractivity contribution in [1.82, 2.24) is 10.2 Å². The van der Waals surface area contributed by atoms with Crippen LogP contribution in [0.3, 0.4) is 0 Å². The van der Waals surface area contributed by atoms with E-state index in [0.29, 0.717) is 42.5 Å². The molecule has 1 aliphatic heterocycles. The molecule has 0 aliphatic carbocycles. The third-order valence-corrected chi connectivity index (χ3v) is 5.41. The van der Waals surface area contributed by atoms with Crippen LogP contribution in [0.15, 0.2) is 72.8 Å². The molecule has 1 N–H and O–H groups in total. The van der Waals surface area contributed by atoms with Crippen molar-refractivity contribution in [3.8, 4) is 5.75 Å². The molecule has 0 spiro atoms. The molecule has 154 valence electrons. The minimum Gasteiger partial charge on any atom is -0.487 e. The van der Waals surface area contributed by atoms with Gasteiger partial charge >= 0.3 is 0 Å². The largest absolute Gasteiger partial charge is 0.487 e. The Morgan fingerprint density at radius 1 is 1.07 bits per heavy atom.